The van der Waals surface area contributed by atoms with Crippen LogP contribution in [0.2, 0.25) is 0 Å². The van der Waals surface area contributed by atoms with Gasteiger partial charge >= 0.3 is 0 Å². The molecule has 2 rings (SSSR count). The minimum Gasteiger partial charge on any atom is -0.265 e. The van der Waals surface area contributed by atoms with Crippen molar-refractivity contribution in [3.8, 4) is 0 Å². The Bertz CT molecular complexity index is 459. The third-order valence-electron chi connectivity index (χ3n) is 1.63. The molecule has 0 amide bonds. The summed E-state index contributed by atoms with van der Waals surface area (Å²) in [5.74, 6) is -0.249. The van der Waals surface area contributed by atoms with Gasteiger partial charge in [0.1, 0.15) is 5.82 Å². The lowest BCUT2D eigenvalue weighted by Crippen LogP contribution is -1.84. The fourth-order valence-electron chi connectivity index (χ4n) is 1.10. The largest absolute Gasteiger partial charge is 0.265 e. The normalized spacial score (nSPS) is 11.0. The van der Waals surface area contributed by atoms with Crippen LogP contribution >= 0.6 is 46.3 Å². The lowest BCUT2D eigenvalue weighted by atomic mass is 10.3. The first kappa shape index (κ1) is 9.72. The van der Waals surface area contributed by atoms with Crippen molar-refractivity contribution < 1.29 is 4.39 Å². The van der Waals surface area contributed by atoms with E-state index >= 15 is 0 Å². The topological polar surface area (TPSA) is 17.8 Å². The molecular weight excluding hydrogens is 370 g/mol. The Morgan fingerprint density at radius 1 is 1.62 bits per heavy atom. The number of nitrogens with zero attached hydrogens (tertiary/aromatic N) is 2. The minimum atomic E-state index is -0.249. The first-order chi connectivity index (χ1) is 6.24. The molecule has 0 aliphatic heterocycles. The van der Waals surface area contributed by atoms with Crippen molar-refractivity contribution in [3.63, 3.8) is 0 Å². The minimum absolute atomic E-state index is 0.249. The molecule has 0 spiro atoms. The van der Waals surface area contributed by atoms with E-state index in [1.807, 2.05) is 3.97 Å². The Labute approximate surface area is 98.8 Å². The summed E-state index contributed by atoms with van der Waals surface area (Å²) in [6, 6.07) is 1.36. The molecule has 0 unspecified atom stereocenters. The van der Waals surface area contributed by atoms with E-state index in [4.69, 9.17) is 0 Å². The predicted octanol–water partition coefficient (Wildman–Crippen LogP) is 3.78. The molecule has 2 heterocycles. The highest BCUT2D eigenvalue weighted by Crippen LogP contribution is 2.31. The number of hydrogen-bond donors (Lipinski definition) is 0. The van der Waals surface area contributed by atoms with Crippen molar-refractivity contribution >= 4 is 57.3 Å². The Kier molecular flexibility index (Phi) is 2.80. The fourth-order valence-corrected chi connectivity index (χ4v) is 3.05. The lowest BCUT2D eigenvalue weighted by molar-refractivity contribution is 0.638. The molecule has 0 bridgehead atoms. The number of hydrogen-bond acceptors (Lipinski definition) is 2. The van der Waals surface area contributed by atoms with Gasteiger partial charge < -0.3 is 0 Å². The SMILES string of the molecule is Fc1ccnc2c1c(Br)cn2SI. The number of aromatic nitrogens is 2. The molecule has 2 nitrogen and oxygen atoms in total. The van der Waals surface area contributed by atoms with Crippen LogP contribution in [0.1, 0.15) is 0 Å². The number of halogens is 3. The molecule has 0 N–H and O–H groups in total. The maximum atomic E-state index is 13.3. The summed E-state index contributed by atoms with van der Waals surface area (Å²) in [4.78, 5) is 4.10. The van der Waals surface area contributed by atoms with Gasteiger partial charge in [0.2, 0.25) is 0 Å². The molecule has 0 aromatic carbocycles. The van der Waals surface area contributed by atoms with E-state index in [1.165, 1.54) is 21.4 Å². The fraction of sp³-hybridized carbons (Fsp3) is 0. The summed E-state index contributed by atoms with van der Waals surface area (Å²) in [6.07, 6.45) is 3.27. The van der Waals surface area contributed by atoms with Gasteiger partial charge in [-0.1, -0.05) is 0 Å². The van der Waals surface area contributed by atoms with Gasteiger partial charge in [0.15, 0.2) is 5.65 Å². The second kappa shape index (κ2) is 3.74. The summed E-state index contributed by atoms with van der Waals surface area (Å²) >= 11 is 5.41. The summed E-state index contributed by atoms with van der Waals surface area (Å²) in [6.45, 7) is 0. The van der Waals surface area contributed by atoms with Gasteiger partial charge in [-0.15, -0.1) is 0 Å². The maximum absolute atomic E-state index is 13.3. The summed E-state index contributed by atoms with van der Waals surface area (Å²) in [5.41, 5.74) is 0.645. The summed E-state index contributed by atoms with van der Waals surface area (Å²) < 4.78 is 15.8. The van der Waals surface area contributed by atoms with Crippen molar-refractivity contribution in [1.82, 2.24) is 8.96 Å². The van der Waals surface area contributed by atoms with E-state index in [1.54, 1.807) is 6.20 Å². The average molecular weight is 373 g/mol. The molecule has 6 heteroatoms. The molecule has 13 heavy (non-hydrogen) atoms. The van der Waals surface area contributed by atoms with E-state index in [0.29, 0.717) is 11.0 Å². The van der Waals surface area contributed by atoms with Crippen LogP contribution in [-0.4, -0.2) is 8.96 Å². The molecule has 0 saturated heterocycles. The van der Waals surface area contributed by atoms with Crippen LogP contribution in [0.15, 0.2) is 22.9 Å². The summed E-state index contributed by atoms with van der Waals surface area (Å²) in [7, 11) is 1.46. The van der Waals surface area contributed by atoms with Gasteiger partial charge in [-0.2, -0.15) is 0 Å². The molecule has 0 saturated carbocycles. The van der Waals surface area contributed by atoms with E-state index in [-0.39, 0.29) is 5.82 Å². The Balaban J connectivity index is 2.87. The van der Waals surface area contributed by atoms with Crippen LogP contribution in [0.5, 0.6) is 0 Å². The number of rotatable bonds is 1. The zero-order valence-corrected chi connectivity index (χ0v) is 10.7. The highest BCUT2D eigenvalue weighted by atomic mass is 127. The Hall–Kier alpha value is 0.180. The monoisotopic (exact) mass is 372 g/mol. The maximum Gasteiger partial charge on any atom is 0.154 e. The van der Waals surface area contributed by atoms with Crippen LogP contribution in [0.3, 0.4) is 0 Å². The lowest BCUT2D eigenvalue weighted by Gasteiger charge is -1.95. The molecule has 0 atom stereocenters. The van der Waals surface area contributed by atoms with Crippen LogP contribution in [0.4, 0.5) is 4.39 Å². The van der Waals surface area contributed by atoms with Gasteiger partial charge in [-0.05, 0) is 22.0 Å². The highest BCUT2D eigenvalue weighted by Gasteiger charge is 2.11. The van der Waals surface area contributed by atoms with E-state index in [0.717, 1.165) is 4.47 Å². The number of fused-ring (bicyclic) bond motifs is 1. The predicted molar refractivity (Wildman–Crippen MR) is 64.4 cm³/mol. The van der Waals surface area contributed by atoms with Crippen molar-refractivity contribution in [2.75, 3.05) is 0 Å². The average Bonchev–Trinajstić information content (AvgIpc) is 2.44. The van der Waals surface area contributed by atoms with Crippen molar-refractivity contribution in [3.05, 3.63) is 28.7 Å². The second-order valence-corrected chi connectivity index (χ2v) is 4.93. The first-order valence-corrected chi connectivity index (χ1v) is 7.45. The summed E-state index contributed by atoms with van der Waals surface area (Å²) in [5, 5.41) is 0.534. The van der Waals surface area contributed by atoms with Gasteiger partial charge in [0.25, 0.3) is 0 Å². The molecule has 68 valence electrons. The molecule has 0 fully saturated rings. The third kappa shape index (κ3) is 1.59. The van der Waals surface area contributed by atoms with Crippen LogP contribution in [-0.2, 0) is 0 Å². The van der Waals surface area contributed by atoms with Gasteiger partial charge in [-0.3, -0.25) is 3.97 Å². The van der Waals surface area contributed by atoms with E-state index in [2.05, 4.69) is 42.1 Å². The van der Waals surface area contributed by atoms with Crippen molar-refractivity contribution in [2.24, 2.45) is 0 Å². The van der Waals surface area contributed by atoms with E-state index < -0.39 is 0 Å². The Morgan fingerprint density at radius 2 is 2.38 bits per heavy atom. The third-order valence-corrected chi connectivity index (χ3v) is 3.93. The van der Waals surface area contributed by atoms with Crippen LogP contribution < -0.4 is 0 Å². The molecule has 2 aromatic rings. The zero-order valence-electron chi connectivity index (χ0n) is 6.17. The van der Waals surface area contributed by atoms with Crippen LogP contribution in [0.25, 0.3) is 11.0 Å². The van der Waals surface area contributed by atoms with Gasteiger partial charge in [-0.25, -0.2) is 9.37 Å². The van der Waals surface area contributed by atoms with Crippen LogP contribution in [0, 0.1) is 5.82 Å². The highest BCUT2D eigenvalue weighted by molar-refractivity contribution is 14.2. The smallest absolute Gasteiger partial charge is 0.154 e. The molecule has 0 aliphatic carbocycles. The number of pyridine rings is 1. The quantitative estimate of drug-likeness (QED) is 0.709. The second-order valence-electron chi connectivity index (χ2n) is 2.36. The Morgan fingerprint density at radius 3 is 3.08 bits per heavy atom. The standard InChI is InChI=1S/C7H3BrFIN2S/c8-4-3-12(13-10)7-6(4)5(9)1-2-11-7/h1-3H. The van der Waals surface area contributed by atoms with E-state index in [9.17, 15) is 4.39 Å². The van der Waals surface area contributed by atoms with Gasteiger partial charge in [0, 0.05) is 47.2 Å². The first-order valence-electron chi connectivity index (χ1n) is 3.34. The molecule has 0 aliphatic rings. The van der Waals surface area contributed by atoms with Gasteiger partial charge in [0.05, 0.1) is 5.39 Å². The molecule has 0 radical (unpaired) electrons. The van der Waals surface area contributed by atoms with Crippen molar-refractivity contribution in [1.29, 1.82) is 0 Å². The zero-order chi connectivity index (χ0) is 9.42. The molecule has 2 aromatic heterocycles. The molecular formula is C7H3BrFIN2S. The van der Waals surface area contributed by atoms with Crippen molar-refractivity contribution in [2.45, 2.75) is 0 Å².